The number of halogens is 3. The number of carbonyl (C=O) groups is 1. The van der Waals surface area contributed by atoms with E-state index in [1.165, 1.54) is 11.3 Å². The Morgan fingerprint density at radius 2 is 2.12 bits per heavy atom. The Labute approximate surface area is 149 Å². The number of nitrogens with zero attached hydrogens (tertiary/aromatic N) is 3. The van der Waals surface area contributed by atoms with Gasteiger partial charge < -0.3 is 9.84 Å². The number of carbonyl (C=O) groups excluding carboxylic acids is 1. The monoisotopic (exact) mass is 384 g/mol. The van der Waals surface area contributed by atoms with Crippen molar-refractivity contribution in [2.75, 3.05) is 0 Å². The molecule has 2 heterocycles. The van der Waals surface area contributed by atoms with E-state index in [0.717, 1.165) is 5.56 Å². The number of amides is 1. The lowest BCUT2D eigenvalue weighted by molar-refractivity contribution is -0.120. The standard InChI is InChI=1S/C15H11ClF2N4O2S/c16-10-4-2-1-3-9(10)15-20-8(7-25-15)5-12(23)19-6-11-21-14(13(17)18)24-22-11/h1-4,7,13H,5-6H2,(H,19,23). The molecule has 2 aromatic heterocycles. The number of thiazole rings is 1. The van der Waals surface area contributed by atoms with Crippen LogP contribution < -0.4 is 5.32 Å². The average molecular weight is 385 g/mol. The molecular weight excluding hydrogens is 374 g/mol. The van der Waals surface area contributed by atoms with Gasteiger partial charge in [0.15, 0.2) is 5.82 Å². The van der Waals surface area contributed by atoms with E-state index in [1.54, 1.807) is 11.4 Å². The van der Waals surface area contributed by atoms with E-state index in [2.05, 4.69) is 25.0 Å². The third kappa shape index (κ3) is 4.37. The first-order valence-corrected chi connectivity index (χ1v) is 8.35. The summed E-state index contributed by atoms with van der Waals surface area (Å²) in [4.78, 5) is 19.8. The summed E-state index contributed by atoms with van der Waals surface area (Å²) in [6, 6.07) is 7.30. The van der Waals surface area contributed by atoms with E-state index in [0.29, 0.717) is 15.7 Å². The molecule has 0 fully saturated rings. The third-order valence-electron chi connectivity index (χ3n) is 3.11. The minimum absolute atomic E-state index is 0.0151. The van der Waals surface area contributed by atoms with Crippen LogP contribution in [0.15, 0.2) is 34.2 Å². The summed E-state index contributed by atoms with van der Waals surface area (Å²) in [6.45, 7) is -0.101. The summed E-state index contributed by atoms with van der Waals surface area (Å²) in [5.41, 5.74) is 1.38. The van der Waals surface area contributed by atoms with Gasteiger partial charge in [0.25, 0.3) is 5.89 Å². The largest absolute Gasteiger partial charge is 0.348 e. The summed E-state index contributed by atoms with van der Waals surface area (Å²) in [6.07, 6.45) is -2.80. The van der Waals surface area contributed by atoms with E-state index in [9.17, 15) is 13.6 Å². The van der Waals surface area contributed by atoms with Gasteiger partial charge in [0, 0.05) is 10.9 Å². The molecule has 0 spiro atoms. The summed E-state index contributed by atoms with van der Waals surface area (Å²) in [7, 11) is 0. The third-order valence-corrected chi connectivity index (χ3v) is 4.37. The van der Waals surface area contributed by atoms with Gasteiger partial charge in [0.05, 0.1) is 23.7 Å². The molecule has 0 saturated heterocycles. The molecule has 130 valence electrons. The fourth-order valence-corrected chi connectivity index (χ4v) is 3.12. The highest BCUT2D eigenvalue weighted by Crippen LogP contribution is 2.30. The molecule has 3 rings (SSSR count). The summed E-state index contributed by atoms with van der Waals surface area (Å²) in [5.74, 6) is -1.12. The van der Waals surface area contributed by atoms with Crippen molar-refractivity contribution in [2.24, 2.45) is 0 Å². The van der Waals surface area contributed by atoms with E-state index in [4.69, 9.17) is 11.6 Å². The van der Waals surface area contributed by atoms with Crippen LogP contribution in [0.4, 0.5) is 8.78 Å². The normalized spacial score (nSPS) is 11.0. The van der Waals surface area contributed by atoms with Gasteiger partial charge in [-0.15, -0.1) is 11.3 Å². The van der Waals surface area contributed by atoms with Crippen LogP contribution in [0.1, 0.15) is 23.8 Å². The molecule has 3 aromatic rings. The molecular formula is C15H11ClF2N4O2S. The minimum Gasteiger partial charge on any atom is -0.348 e. The number of alkyl halides is 2. The maximum atomic E-state index is 12.3. The lowest BCUT2D eigenvalue weighted by Crippen LogP contribution is -2.25. The Kier molecular flexibility index (Phi) is 5.34. The van der Waals surface area contributed by atoms with Gasteiger partial charge in [-0.2, -0.15) is 13.8 Å². The van der Waals surface area contributed by atoms with Gasteiger partial charge in [0.1, 0.15) is 5.01 Å². The molecule has 0 bridgehead atoms. The van der Waals surface area contributed by atoms with Crippen LogP contribution >= 0.6 is 22.9 Å². The average Bonchev–Trinajstić information content (AvgIpc) is 3.23. The number of hydrogen-bond acceptors (Lipinski definition) is 6. The smallest absolute Gasteiger partial charge is 0.315 e. The van der Waals surface area contributed by atoms with Crippen molar-refractivity contribution in [2.45, 2.75) is 19.4 Å². The van der Waals surface area contributed by atoms with Crippen LogP contribution in [-0.4, -0.2) is 21.0 Å². The van der Waals surface area contributed by atoms with Crippen LogP contribution in [0.2, 0.25) is 5.02 Å². The number of benzene rings is 1. The maximum Gasteiger partial charge on any atom is 0.315 e. The van der Waals surface area contributed by atoms with Gasteiger partial charge in [-0.1, -0.05) is 35.0 Å². The van der Waals surface area contributed by atoms with Crippen LogP contribution in [0.25, 0.3) is 10.6 Å². The SMILES string of the molecule is O=C(Cc1csc(-c2ccccc2Cl)n1)NCc1noc(C(F)F)n1. The number of rotatable bonds is 6. The predicted molar refractivity (Wildman–Crippen MR) is 87.4 cm³/mol. The van der Waals surface area contributed by atoms with Crippen molar-refractivity contribution in [3.63, 3.8) is 0 Å². The highest BCUT2D eigenvalue weighted by molar-refractivity contribution is 7.13. The van der Waals surface area contributed by atoms with E-state index in [-0.39, 0.29) is 24.7 Å². The number of hydrogen-bond donors (Lipinski definition) is 1. The molecule has 0 aliphatic carbocycles. The summed E-state index contributed by atoms with van der Waals surface area (Å²) >= 11 is 7.51. The lowest BCUT2D eigenvalue weighted by atomic mass is 10.2. The van der Waals surface area contributed by atoms with Gasteiger partial charge in [-0.05, 0) is 6.07 Å². The molecule has 0 saturated carbocycles. The van der Waals surface area contributed by atoms with E-state index in [1.807, 2.05) is 18.2 Å². The van der Waals surface area contributed by atoms with Crippen LogP contribution in [0, 0.1) is 0 Å². The molecule has 1 aromatic carbocycles. The van der Waals surface area contributed by atoms with Gasteiger partial charge in [0.2, 0.25) is 5.91 Å². The van der Waals surface area contributed by atoms with Crippen molar-refractivity contribution in [3.05, 3.63) is 52.1 Å². The highest BCUT2D eigenvalue weighted by atomic mass is 35.5. The number of nitrogens with one attached hydrogen (secondary N) is 1. The molecule has 0 aliphatic heterocycles. The minimum atomic E-state index is -2.84. The molecule has 10 heteroatoms. The Bertz CT molecular complexity index is 884. The van der Waals surface area contributed by atoms with Crippen LogP contribution in [-0.2, 0) is 17.8 Å². The quantitative estimate of drug-likeness (QED) is 0.701. The Hall–Kier alpha value is -2.39. The Morgan fingerprint density at radius 1 is 1.32 bits per heavy atom. The fourth-order valence-electron chi connectivity index (χ4n) is 1.98. The van der Waals surface area contributed by atoms with Crippen molar-refractivity contribution in [3.8, 4) is 10.6 Å². The lowest BCUT2D eigenvalue weighted by Gasteiger charge is -2.00. The maximum absolute atomic E-state index is 12.3. The van der Waals surface area contributed by atoms with Crippen molar-refractivity contribution >= 4 is 28.8 Å². The first-order valence-electron chi connectivity index (χ1n) is 7.09. The Morgan fingerprint density at radius 3 is 2.84 bits per heavy atom. The molecule has 0 unspecified atom stereocenters. The summed E-state index contributed by atoms with van der Waals surface area (Å²) < 4.78 is 29.0. The second-order valence-electron chi connectivity index (χ2n) is 4.93. The van der Waals surface area contributed by atoms with Crippen LogP contribution in [0.5, 0.6) is 0 Å². The topological polar surface area (TPSA) is 80.9 Å². The van der Waals surface area contributed by atoms with Gasteiger partial charge in [-0.25, -0.2) is 4.98 Å². The molecule has 0 radical (unpaired) electrons. The highest BCUT2D eigenvalue weighted by Gasteiger charge is 2.17. The van der Waals surface area contributed by atoms with E-state index >= 15 is 0 Å². The van der Waals surface area contributed by atoms with Crippen molar-refractivity contribution < 1.29 is 18.1 Å². The zero-order valence-electron chi connectivity index (χ0n) is 12.6. The van der Waals surface area contributed by atoms with Crippen molar-refractivity contribution in [1.82, 2.24) is 20.4 Å². The van der Waals surface area contributed by atoms with E-state index < -0.39 is 12.3 Å². The first-order chi connectivity index (χ1) is 12.0. The molecule has 0 aliphatic rings. The molecule has 0 atom stereocenters. The Balaban J connectivity index is 1.57. The van der Waals surface area contributed by atoms with Crippen molar-refractivity contribution in [1.29, 1.82) is 0 Å². The number of aromatic nitrogens is 3. The zero-order valence-corrected chi connectivity index (χ0v) is 14.2. The summed E-state index contributed by atoms with van der Waals surface area (Å²) in [5, 5.41) is 8.96. The second-order valence-corrected chi connectivity index (χ2v) is 6.19. The molecule has 1 amide bonds. The molecule has 6 nitrogen and oxygen atoms in total. The van der Waals surface area contributed by atoms with Gasteiger partial charge >= 0.3 is 6.43 Å². The molecule has 25 heavy (non-hydrogen) atoms. The molecule has 1 N–H and O–H groups in total. The predicted octanol–water partition coefficient (Wildman–Crippen LogP) is 3.64. The van der Waals surface area contributed by atoms with Crippen LogP contribution in [0.3, 0.4) is 0 Å². The second kappa shape index (κ2) is 7.66. The first kappa shape index (κ1) is 17.4. The van der Waals surface area contributed by atoms with Gasteiger partial charge in [-0.3, -0.25) is 4.79 Å². The fraction of sp³-hybridized carbons (Fsp3) is 0.200. The zero-order chi connectivity index (χ0) is 17.8.